The molecular weight excluding hydrogens is 471 g/mol. The standard InChI is InChI=1S/C26H30ClFN4OS/c27-21-2-7-24(8-3-21)31-11-13-32(14-12-31)26(34)18-33-25-9-5-22(6-10-25)30-23-4-1-19(17-29)20(15-23)16-28/h1-4,7-8,15,22,25,30H,5-6,9-14,16,18H2. The lowest BCUT2D eigenvalue weighted by Crippen LogP contribution is -2.49. The monoisotopic (exact) mass is 500 g/mol. The number of nitriles is 1. The van der Waals surface area contributed by atoms with E-state index in [1.807, 2.05) is 24.3 Å². The molecule has 1 heterocycles. The molecule has 2 aromatic rings. The van der Waals surface area contributed by atoms with Crippen molar-refractivity contribution in [2.75, 3.05) is 43.0 Å². The minimum absolute atomic E-state index is 0.216. The Balaban J connectivity index is 1.16. The Morgan fingerprint density at radius 3 is 2.44 bits per heavy atom. The summed E-state index contributed by atoms with van der Waals surface area (Å²) in [5.74, 6) is 0. The zero-order chi connectivity index (χ0) is 23.9. The predicted octanol–water partition coefficient (Wildman–Crippen LogP) is 5.57. The molecule has 1 aliphatic carbocycles. The minimum atomic E-state index is -0.630. The topological polar surface area (TPSA) is 51.5 Å². The SMILES string of the molecule is N#Cc1ccc(NC2CCC(OCC(=S)N3CCN(c4ccc(Cl)cc4)CC3)CC2)cc1CF. The van der Waals surface area contributed by atoms with E-state index in [1.54, 1.807) is 12.1 Å². The highest BCUT2D eigenvalue weighted by atomic mass is 35.5. The molecule has 4 rings (SSSR count). The highest BCUT2D eigenvalue weighted by Gasteiger charge is 2.24. The Morgan fingerprint density at radius 1 is 1.09 bits per heavy atom. The molecule has 180 valence electrons. The lowest BCUT2D eigenvalue weighted by molar-refractivity contribution is 0.0473. The van der Waals surface area contributed by atoms with E-state index in [-0.39, 0.29) is 6.10 Å². The van der Waals surface area contributed by atoms with E-state index in [9.17, 15) is 4.39 Å². The van der Waals surface area contributed by atoms with E-state index in [1.165, 1.54) is 5.69 Å². The van der Waals surface area contributed by atoms with E-state index in [0.29, 0.717) is 23.8 Å². The summed E-state index contributed by atoms with van der Waals surface area (Å²) >= 11 is 11.7. The third-order valence-electron chi connectivity index (χ3n) is 6.68. The summed E-state index contributed by atoms with van der Waals surface area (Å²) in [6.45, 7) is 3.51. The third-order valence-corrected chi connectivity index (χ3v) is 7.31. The molecule has 0 radical (unpaired) electrons. The van der Waals surface area contributed by atoms with Crippen molar-refractivity contribution >= 4 is 40.2 Å². The maximum Gasteiger partial charge on any atom is 0.116 e. The molecule has 0 bridgehead atoms. The molecule has 8 heteroatoms. The van der Waals surface area contributed by atoms with Crippen molar-refractivity contribution in [3.8, 4) is 6.07 Å². The Bertz CT molecular complexity index is 1010. The number of rotatable bonds is 7. The first-order chi connectivity index (χ1) is 16.6. The number of halogens is 2. The van der Waals surface area contributed by atoms with Gasteiger partial charge in [-0.05, 0) is 68.1 Å². The van der Waals surface area contributed by atoms with E-state index in [4.69, 9.17) is 33.8 Å². The first-order valence-corrected chi connectivity index (χ1v) is 12.6. The number of hydrogen-bond donors (Lipinski definition) is 1. The van der Waals surface area contributed by atoms with Gasteiger partial charge in [-0.15, -0.1) is 0 Å². The zero-order valence-electron chi connectivity index (χ0n) is 19.2. The highest BCUT2D eigenvalue weighted by Crippen LogP contribution is 2.26. The van der Waals surface area contributed by atoms with Crippen molar-refractivity contribution in [1.29, 1.82) is 5.26 Å². The second-order valence-corrected chi connectivity index (χ2v) is 9.80. The number of hydrogen-bond acceptors (Lipinski definition) is 5. The van der Waals surface area contributed by atoms with Gasteiger partial charge in [0, 0.05) is 54.2 Å². The molecule has 5 nitrogen and oxygen atoms in total. The first-order valence-electron chi connectivity index (χ1n) is 11.8. The summed E-state index contributed by atoms with van der Waals surface area (Å²) in [5, 5.41) is 13.3. The maximum atomic E-state index is 13.2. The minimum Gasteiger partial charge on any atom is -0.382 e. The molecule has 2 aromatic carbocycles. The van der Waals surface area contributed by atoms with Crippen molar-refractivity contribution in [2.24, 2.45) is 0 Å². The van der Waals surface area contributed by atoms with Gasteiger partial charge in [-0.25, -0.2) is 4.39 Å². The van der Waals surface area contributed by atoms with Crippen LogP contribution in [0.25, 0.3) is 0 Å². The number of nitrogens with one attached hydrogen (secondary N) is 1. The van der Waals surface area contributed by atoms with E-state index < -0.39 is 6.67 Å². The van der Waals surface area contributed by atoms with Gasteiger partial charge in [-0.3, -0.25) is 0 Å². The van der Waals surface area contributed by atoms with Gasteiger partial charge < -0.3 is 19.9 Å². The van der Waals surface area contributed by atoms with Crippen molar-refractivity contribution in [3.63, 3.8) is 0 Å². The Kier molecular flexibility index (Phi) is 8.60. The van der Waals surface area contributed by atoms with Gasteiger partial charge >= 0.3 is 0 Å². The fourth-order valence-electron chi connectivity index (χ4n) is 4.66. The molecule has 1 aliphatic heterocycles. The number of thiocarbonyl (C=S) groups is 1. The zero-order valence-corrected chi connectivity index (χ0v) is 20.8. The molecule has 0 amide bonds. The molecule has 2 fully saturated rings. The predicted molar refractivity (Wildman–Crippen MR) is 139 cm³/mol. The van der Waals surface area contributed by atoms with Crippen LogP contribution in [0.4, 0.5) is 15.8 Å². The number of anilines is 2. The van der Waals surface area contributed by atoms with Crippen LogP contribution in [0.5, 0.6) is 0 Å². The van der Waals surface area contributed by atoms with Gasteiger partial charge in [-0.2, -0.15) is 5.26 Å². The van der Waals surface area contributed by atoms with E-state index in [0.717, 1.165) is 67.6 Å². The Morgan fingerprint density at radius 2 is 1.79 bits per heavy atom. The van der Waals surface area contributed by atoms with Crippen LogP contribution >= 0.6 is 23.8 Å². The van der Waals surface area contributed by atoms with Crippen LogP contribution in [0.15, 0.2) is 42.5 Å². The average molecular weight is 501 g/mol. The first kappa shape index (κ1) is 24.7. The molecular formula is C26H30ClFN4OS. The molecule has 0 spiro atoms. The van der Waals surface area contributed by atoms with E-state index in [2.05, 4.69) is 27.2 Å². The molecule has 1 N–H and O–H groups in total. The summed E-state index contributed by atoms with van der Waals surface area (Å²) < 4.78 is 19.3. The van der Waals surface area contributed by atoms with Gasteiger partial charge in [0.05, 0.1) is 24.3 Å². The Hall–Kier alpha value is -2.40. The molecule has 1 saturated carbocycles. The molecule has 0 unspecified atom stereocenters. The molecule has 1 saturated heterocycles. The summed E-state index contributed by atoms with van der Waals surface area (Å²) in [4.78, 5) is 5.49. The summed E-state index contributed by atoms with van der Waals surface area (Å²) in [6, 6.07) is 15.6. The summed E-state index contributed by atoms with van der Waals surface area (Å²) in [6.07, 6.45) is 4.13. The van der Waals surface area contributed by atoms with Crippen LogP contribution in [0.2, 0.25) is 5.02 Å². The number of nitrogens with zero attached hydrogens (tertiary/aromatic N) is 3. The molecule has 0 atom stereocenters. The second-order valence-electron chi connectivity index (χ2n) is 8.89. The Labute approximate surface area is 211 Å². The van der Waals surface area contributed by atoms with Crippen LogP contribution in [0, 0.1) is 11.3 Å². The van der Waals surface area contributed by atoms with Gasteiger partial charge in [0.1, 0.15) is 11.7 Å². The number of alkyl halides is 1. The lowest BCUT2D eigenvalue weighted by Gasteiger charge is -2.38. The van der Waals surface area contributed by atoms with Crippen molar-refractivity contribution < 1.29 is 9.13 Å². The van der Waals surface area contributed by atoms with Crippen molar-refractivity contribution in [2.45, 2.75) is 44.5 Å². The lowest BCUT2D eigenvalue weighted by atomic mass is 9.92. The van der Waals surface area contributed by atoms with Gasteiger partial charge in [0.15, 0.2) is 0 Å². The van der Waals surface area contributed by atoms with Crippen LogP contribution in [0.1, 0.15) is 36.8 Å². The largest absolute Gasteiger partial charge is 0.382 e. The molecule has 0 aromatic heterocycles. The normalized spacial score (nSPS) is 20.6. The van der Waals surface area contributed by atoms with Crippen molar-refractivity contribution in [1.82, 2.24) is 4.90 Å². The van der Waals surface area contributed by atoms with Crippen LogP contribution in [-0.4, -0.2) is 54.8 Å². The van der Waals surface area contributed by atoms with Gasteiger partial charge in [0.2, 0.25) is 0 Å². The van der Waals surface area contributed by atoms with Crippen LogP contribution in [0.3, 0.4) is 0 Å². The number of ether oxygens (including phenoxy) is 1. The maximum absolute atomic E-state index is 13.2. The van der Waals surface area contributed by atoms with E-state index >= 15 is 0 Å². The fourth-order valence-corrected chi connectivity index (χ4v) is 5.04. The van der Waals surface area contributed by atoms with Crippen LogP contribution in [-0.2, 0) is 11.4 Å². The van der Waals surface area contributed by atoms with Gasteiger partial charge in [0.25, 0.3) is 0 Å². The third kappa shape index (κ3) is 6.38. The fraction of sp³-hybridized carbons (Fsp3) is 0.462. The quantitative estimate of drug-likeness (QED) is 0.501. The average Bonchev–Trinajstić information content (AvgIpc) is 2.88. The summed E-state index contributed by atoms with van der Waals surface area (Å²) in [5.41, 5.74) is 2.90. The van der Waals surface area contributed by atoms with Crippen LogP contribution < -0.4 is 10.2 Å². The highest BCUT2D eigenvalue weighted by molar-refractivity contribution is 7.80. The second kappa shape index (κ2) is 11.8. The smallest absolute Gasteiger partial charge is 0.116 e. The number of piperazine rings is 1. The summed E-state index contributed by atoms with van der Waals surface area (Å²) in [7, 11) is 0. The van der Waals surface area contributed by atoms with Crippen molar-refractivity contribution in [3.05, 3.63) is 58.6 Å². The molecule has 2 aliphatic rings. The molecule has 34 heavy (non-hydrogen) atoms. The van der Waals surface area contributed by atoms with Gasteiger partial charge in [-0.1, -0.05) is 23.8 Å². The number of benzene rings is 2.